The fraction of sp³-hybridized carbons (Fsp3) is 0.500. The van der Waals surface area contributed by atoms with Crippen LogP contribution < -0.4 is 9.47 Å². The molecule has 3 aromatic rings. The zero-order valence-electron chi connectivity index (χ0n) is 32.4. The molecule has 3 amide bonds. The van der Waals surface area contributed by atoms with E-state index < -0.39 is 41.3 Å². The molecule has 1 aliphatic carbocycles. The molecule has 0 spiro atoms. The minimum absolute atomic E-state index is 0.000649. The molecule has 56 heavy (non-hydrogen) atoms. The number of piperazine rings is 1. The van der Waals surface area contributed by atoms with Crippen LogP contribution in [-0.4, -0.2) is 93.4 Å². The minimum atomic E-state index is -0.891. The maximum absolute atomic E-state index is 15.2. The van der Waals surface area contributed by atoms with Crippen molar-refractivity contribution in [2.45, 2.75) is 104 Å². The number of aryl methyl sites for hydroxylation is 1. The number of halogens is 4. The van der Waals surface area contributed by atoms with Crippen molar-refractivity contribution in [3.63, 3.8) is 0 Å². The van der Waals surface area contributed by atoms with Gasteiger partial charge in [0.2, 0.25) is 0 Å². The van der Waals surface area contributed by atoms with Crippen molar-refractivity contribution in [3.05, 3.63) is 79.0 Å². The van der Waals surface area contributed by atoms with Gasteiger partial charge in [-0.1, -0.05) is 64.3 Å². The number of ether oxygens (including phenoxy) is 4. The van der Waals surface area contributed by atoms with Crippen LogP contribution in [-0.2, 0) is 20.8 Å². The van der Waals surface area contributed by atoms with E-state index in [1.165, 1.54) is 17.4 Å². The molecule has 2 fully saturated rings. The van der Waals surface area contributed by atoms with E-state index in [0.717, 1.165) is 12.8 Å². The first kappa shape index (κ1) is 41.8. The quantitative estimate of drug-likeness (QED) is 0.186. The van der Waals surface area contributed by atoms with E-state index in [9.17, 15) is 14.0 Å². The summed E-state index contributed by atoms with van der Waals surface area (Å²) in [6.45, 7) is 12.8. The summed E-state index contributed by atoms with van der Waals surface area (Å²) in [6.07, 6.45) is 2.30. The second kappa shape index (κ2) is 16.6. The summed E-state index contributed by atoms with van der Waals surface area (Å²) in [7, 11) is 0. The summed E-state index contributed by atoms with van der Waals surface area (Å²) in [5, 5.41) is 1.23. The van der Waals surface area contributed by atoms with Crippen molar-refractivity contribution >= 4 is 69.8 Å². The van der Waals surface area contributed by atoms with Crippen molar-refractivity contribution < 1.29 is 37.7 Å². The first-order valence-corrected chi connectivity index (χ1v) is 20.4. The highest BCUT2D eigenvalue weighted by molar-refractivity contribution is 7.14. The number of carbonyl (C=O) groups excluding carboxylic acids is 3. The van der Waals surface area contributed by atoms with Crippen LogP contribution in [0.2, 0.25) is 15.1 Å². The third kappa shape index (κ3) is 9.66. The predicted molar refractivity (Wildman–Crippen MR) is 214 cm³/mol. The van der Waals surface area contributed by atoms with E-state index in [1.54, 1.807) is 87.6 Å². The van der Waals surface area contributed by atoms with Crippen LogP contribution in [0.25, 0.3) is 5.57 Å². The second-order valence-electron chi connectivity index (χ2n) is 16.1. The summed E-state index contributed by atoms with van der Waals surface area (Å²) < 4.78 is 37.6. The number of rotatable bonds is 10. The topological polar surface area (TPSA) is 111 Å². The third-order valence-electron chi connectivity index (χ3n) is 9.34. The average Bonchev–Trinajstić information content (AvgIpc) is 3.84. The molecule has 2 unspecified atom stereocenters. The number of aromatic nitrogens is 1. The summed E-state index contributed by atoms with van der Waals surface area (Å²) in [4.78, 5) is 53.0. The minimum Gasteiger partial charge on any atom is -0.485 e. The van der Waals surface area contributed by atoms with E-state index in [4.69, 9.17) is 53.8 Å². The van der Waals surface area contributed by atoms with Gasteiger partial charge in [0.1, 0.15) is 24.4 Å². The Morgan fingerprint density at radius 2 is 1.61 bits per heavy atom. The highest BCUT2D eigenvalue weighted by Crippen LogP contribution is 2.44. The Kier molecular flexibility index (Phi) is 12.4. The molecule has 3 heterocycles. The van der Waals surface area contributed by atoms with Crippen molar-refractivity contribution in [3.8, 4) is 10.9 Å². The second-order valence-corrected chi connectivity index (χ2v) is 18.3. The highest BCUT2D eigenvalue weighted by Gasteiger charge is 2.51. The summed E-state index contributed by atoms with van der Waals surface area (Å²) in [5.74, 6) is -0.929. The Balaban J connectivity index is 1.37. The van der Waals surface area contributed by atoms with Crippen LogP contribution in [0.4, 0.5) is 14.0 Å². The summed E-state index contributed by atoms with van der Waals surface area (Å²) >= 11 is 20.5. The van der Waals surface area contributed by atoms with Crippen molar-refractivity contribution in [2.24, 2.45) is 0 Å². The van der Waals surface area contributed by atoms with Gasteiger partial charge in [-0.3, -0.25) is 9.69 Å². The SMILES string of the molecule is Cc1ccc(F)c(OCCOc2ncc(C3=C(C(=O)N(Cc4cccc(Cl)c4Cl)C4CC4)C4CN(C(=O)OC(C)(C)C)CC(C3)N4C(=O)OC(C)(C)C)s2)c1Cl. The fourth-order valence-electron chi connectivity index (χ4n) is 6.74. The number of amides is 3. The summed E-state index contributed by atoms with van der Waals surface area (Å²) in [5.41, 5.74) is 0.804. The largest absolute Gasteiger partial charge is 0.485 e. The standard InChI is InChI=1S/C40H46Cl3FN4O7S/c1-22-11-14-28(44)34(32(22)42)52-15-16-53-36-45-18-30(56-36)26-17-25-20-46(37(50)54-39(2,3)4)21-29(48(25)38(51)55-40(5,6)7)31(26)35(49)47(24-12-13-24)19-23-9-8-10-27(41)33(23)43/h8-11,14,18,24-25,29H,12-13,15-17,19-21H2,1-7H3. The lowest BCUT2D eigenvalue weighted by molar-refractivity contribution is -0.129. The highest BCUT2D eigenvalue weighted by atomic mass is 35.5. The number of carbonyl (C=O) groups is 3. The van der Waals surface area contributed by atoms with Gasteiger partial charge in [-0.2, -0.15) is 0 Å². The van der Waals surface area contributed by atoms with Gasteiger partial charge in [-0.15, -0.1) is 0 Å². The van der Waals surface area contributed by atoms with Crippen molar-refractivity contribution in [1.82, 2.24) is 19.7 Å². The van der Waals surface area contributed by atoms with Crippen LogP contribution in [0, 0.1) is 12.7 Å². The number of hydrogen-bond acceptors (Lipinski definition) is 9. The zero-order valence-corrected chi connectivity index (χ0v) is 35.5. The van der Waals surface area contributed by atoms with Crippen molar-refractivity contribution in [1.29, 1.82) is 0 Å². The van der Waals surface area contributed by atoms with Gasteiger partial charge >= 0.3 is 12.2 Å². The number of benzene rings is 2. The fourth-order valence-corrected chi connectivity index (χ4v) is 8.19. The van der Waals surface area contributed by atoms with Crippen LogP contribution in [0.5, 0.6) is 10.9 Å². The smallest absolute Gasteiger partial charge is 0.411 e. The van der Waals surface area contributed by atoms with Gasteiger partial charge in [0.05, 0.1) is 32.0 Å². The Morgan fingerprint density at radius 3 is 2.29 bits per heavy atom. The molecule has 1 aromatic heterocycles. The van der Waals surface area contributed by atoms with Crippen LogP contribution in [0.3, 0.4) is 0 Å². The van der Waals surface area contributed by atoms with Gasteiger partial charge in [-0.05, 0) is 96.6 Å². The monoisotopic (exact) mass is 850 g/mol. The maximum Gasteiger partial charge on any atom is 0.411 e. The molecule has 6 rings (SSSR count). The molecule has 2 bridgehead atoms. The Bertz CT molecular complexity index is 2030. The molecule has 2 atom stereocenters. The molecule has 302 valence electrons. The maximum atomic E-state index is 15.2. The number of thiazole rings is 1. The van der Waals surface area contributed by atoms with Crippen molar-refractivity contribution in [2.75, 3.05) is 26.3 Å². The first-order chi connectivity index (χ1) is 26.3. The third-order valence-corrected chi connectivity index (χ3v) is 11.6. The number of nitrogens with zero attached hydrogens (tertiary/aromatic N) is 4. The van der Waals surface area contributed by atoms with E-state index in [2.05, 4.69) is 4.98 Å². The molecule has 0 radical (unpaired) electrons. The lowest BCUT2D eigenvalue weighted by atomic mass is 9.83. The van der Waals surface area contributed by atoms with Gasteiger partial charge in [0.25, 0.3) is 11.1 Å². The summed E-state index contributed by atoms with van der Waals surface area (Å²) in [6, 6.07) is 6.65. The van der Waals surface area contributed by atoms with Gasteiger partial charge in [0, 0.05) is 37.4 Å². The molecule has 3 aliphatic rings. The molecule has 11 nitrogen and oxygen atoms in total. The molecule has 0 N–H and O–H groups in total. The number of hydrogen-bond donors (Lipinski definition) is 0. The van der Waals surface area contributed by atoms with Gasteiger partial charge < -0.3 is 28.7 Å². The Hall–Kier alpha value is -3.78. The average molecular weight is 852 g/mol. The number of fused-ring (bicyclic) bond motifs is 2. The molecule has 16 heteroatoms. The first-order valence-electron chi connectivity index (χ1n) is 18.4. The van der Waals surface area contributed by atoms with Crippen LogP contribution >= 0.6 is 46.1 Å². The normalized spacial score (nSPS) is 18.5. The molecular formula is C40H46Cl3FN4O7S. The Labute approximate surface area is 345 Å². The zero-order chi connectivity index (χ0) is 40.7. The lowest BCUT2D eigenvalue weighted by Crippen LogP contribution is -2.66. The molecule has 1 saturated heterocycles. The predicted octanol–water partition coefficient (Wildman–Crippen LogP) is 9.58. The van der Waals surface area contributed by atoms with Crippen LogP contribution in [0.1, 0.15) is 76.8 Å². The molecule has 2 aliphatic heterocycles. The van der Waals surface area contributed by atoms with E-state index in [-0.39, 0.29) is 62.0 Å². The molecule has 2 aromatic carbocycles. The van der Waals surface area contributed by atoms with E-state index in [0.29, 0.717) is 42.4 Å². The van der Waals surface area contributed by atoms with Crippen LogP contribution in [0.15, 0.2) is 42.1 Å². The van der Waals surface area contributed by atoms with Gasteiger partial charge in [0.15, 0.2) is 11.6 Å². The molecule has 1 saturated carbocycles. The Morgan fingerprint density at radius 1 is 0.929 bits per heavy atom. The van der Waals surface area contributed by atoms with E-state index in [1.807, 2.05) is 6.07 Å². The van der Waals surface area contributed by atoms with Gasteiger partial charge in [-0.25, -0.2) is 19.0 Å². The van der Waals surface area contributed by atoms with E-state index >= 15 is 4.79 Å². The molecular weight excluding hydrogens is 806 g/mol. The lowest BCUT2D eigenvalue weighted by Gasteiger charge is -2.51.